The fraction of sp³-hybridized carbons (Fsp3) is 0.650. The van der Waals surface area contributed by atoms with Crippen molar-refractivity contribution in [3.63, 3.8) is 0 Å². The lowest BCUT2D eigenvalue weighted by atomic mass is 10.1. The number of nitrogens with zero attached hydrogens (tertiary/aromatic N) is 2. The lowest BCUT2D eigenvalue weighted by molar-refractivity contribution is -0.941. The van der Waals surface area contributed by atoms with Crippen LogP contribution in [0.1, 0.15) is 64.9 Å². The first-order valence-electron chi connectivity index (χ1n) is 9.10. The standard InChI is InChI=1S/C19H34N.CHNS/c1-4-7-15-20(16-8-5-2,17-9-6-3)18-19-13-11-10-12-14-19;2-1-3/h10-14H,4-9,15-18H2,1-3H3;3H/q+1;. The number of rotatable bonds is 11. The van der Waals surface area contributed by atoms with Gasteiger partial charge in [-0.05, 0) is 19.3 Å². The second-order valence-electron chi connectivity index (χ2n) is 6.32. The molecular weight excluding hydrogens is 300 g/mol. The van der Waals surface area contributed by atoms with Gasteiger partial charge in [0.1, 0.15) is 11.9 Å². The Bertz CT molecular complexity index is 390. The largest absolute Gasteiger partial charge is 0.320 e. The minimum Gasteiger partial charge on any atom is -0.320 e. The van der Waals surface area contributed by atoms with E-state index in [1.54, 1.807) is 0 Å². The summed E-state index contributed by atoms with van der Waals surface area (Å²) in [4.78, 5) is 0. The third-order valence-corrected chi connectivity index (χ3v) is 4.32. The highest BCUT2D eigenvalue weighted by molar-refractivity contribution is 7.85. The van der Waals surface area contributed by atoms with E-state index in [0.29, 0.717) is 0 Å². The Labute approximate surface area is 149 Å². The molecule has 130 valence electrons. The maximum atomic E-state index is 7.18. The maximum absolute atomic E-state index is 7.18. The van der Waals surface area contributed by atoms with E-state index in [1.165, 1.54) is 80.2 Å². The van der Waals surface area contributed by atoms with E-state index in [0.717, 1.165) is 0 Å². The van der Waals surface area contributed by atoms with Gasteiger partial charge in [0.05, 0.1) is 19.6 Å². The van der Waals surface area contributed by atoms with Gasteiger partial charge in [0, 0.05) is 5.56 Å². The van der Waals surface area contributed by atoms with Crippen molar-refractivity contribution in [1.82, 2.24) is 0 Å². The van der Waals surface area contributed by atoms with Crippen LogP contribution in [0.15, 0.2) is 30.3 Å². The molecule has 0 atom stereocenters. The van der Waals surface area contributed by atoms with Gasteiger partial charge >= 0.3 is 0 Å². The summed E-state index contributed by atoms with van der Waals surface area (Å²) in [5.41, 5.74) is 1.51. The molecule has 1 rings (SSSR count). The number of benzene rings is 1. The number of hydrogen-bond donors (Lipinski definition) is 1. The van der Waals surface area contributed by atoms with Crippen LogP contribution in [-0.2, 0) is 6.54 Å². The second kappa shape index (κ2) is 14.6. The molecule has 0 amide bonds. The molecule has 1 aromatic rings. The average molecular weight is 336 g/mol. The maximum Gasteiger partial charge on any atom is 0.130 e. The molecule has 0 saturated heterocycles. The number of thiocyanates is 1. The molecule has 0 radical (unpaired) electrons. The summed E-state index contributed by atoms with van der Waals surface area (Å²) in [7, 11) is 0. The lowest BCUT2D eigenvalue weighted by Crippen LogP contribution is -2.49. The summed E-state index contributed by atoms with van der Waals surface area (Å²) >= 11 is 3.09. The molecule has 0 aromatic heterocycles. The first kappa shape index (κ1) is 22.0. The topological polar surface area (TPSA) is 23.8 Å². The Kier molecular flexibility index (Phi) is 14.0. The van der Waals surface area contributed by atoms with Crippen LogP contribution in [0.2, 0.25) is 0 Å². The Morgan fingerprint density at radius 3 is 1.61 bits per heavy atom. The lowest BCUT2D eigenvalue weighted by Gasteiger charge is -2.39. The number of nitriles is 1. The van der Waals surface area contributed by atoms with Gasteiger partial charge in [0.25, 0.3) is 0 Å². The first-order valence-corrected chi connectivity index (χ1v) is 9.54. The summed E-state index contributed by atoms with van der Waals surface area (Å²) in [6, 6.07) is 11.1. The van der Waals surface area contributed by atoms with Gasteiger partial charge in [0.2, 0.25) is 0 Å². The monoisotopic (exact) mass is 335 g/mol. The van der Waals surface area contributed by atoms with Gasteiger partial charge in [-0.15, -0.1) is 0 Å². The van der Waals surface area contributed by atoms with E-state index in [2.05, 4.69) is 63.7 Å². The van der Waals surface area contributed by atoms with E-state index >= 15 is 0 Å². The van der Waals surface area contributed by atoms with Crippen LogP contribution in [0.5, 0.6) is 0 Å². The molecule has 0 aliphatic rings. The second-order valence-corrected chi connectivity index (χ2v) is 6.52. The predicted octanol–water partition coefficient (Wildman–Crippen LogP) is 5.80. The summed E-state index contributed by atoms with van der Waals surface area (Å²) in [5, 5.41) is 8.63. The van der Waals surface area contributed by atoms with Crippen LogP contribution in [0.3, 0.4) is 0 Å². The highest BCUT2D eigenvalue weighted by Gasteiger charge is 2.25. The van der Waals surface area contributed by atoms with Crippen molar-refractivity contribution < 1.29 is 4.48 Å². The molecule has 23 heavy (non-hydrogen) atoms. The Morgan fingerprint density at radius 1 is 0.870 bits per heavy atom. The fourth-order valence-corrected chi connectivity index (χ4v) is 3.02. The molecule has 0 spiro atoms. The van der Waals surface area contributed by atoms with Crippen molar-refractivity contribution in [2.45, 2.75) is 65.8 Å². The smallest absolute Gasteiger partial charge is 0.130 e. The molecule has 1 aromatic carbocycles. The highest BCUT2D eigenvalue weighted by atomic mass is 32.1. The number of thiol groups is 1. The third kappa shape index (κ3) is 10.4. The third-order valence-electron chi connectivity index (χ3n) is 4.32. The van der Waals surface area contributed by atoms with Crippen LogP contribution >= 0.6 is 12.6 Å². The zero-order chi connectivity index (χ0) is 17.4. The molecular formula is C20H35N2S+. The SMILES string of the molecule is CCCC[N+](CCCC)(CCCC)Cc1ccccc1.N#CS. The Balaban J connectivity index is 0.00000149. The van der Waals surface area contributed by atoms with Gasteiger partial charge in [-0.3, -0.25) is 0 Å². The molecule has 0 saturated carbocycles. The number of hydrogen-bond acceptors (Lipinski definition) is 2. The number of quaternary nitrogens is 1. The zero-order valence-corrected chi connectivity index (χ0v) is 16.2. The van der Waals surface area contributed by atoms with Crippen LogP contribution in [0.4, 0.5) is 0 Å². The van der Waals surface area contributed by atoms with Gasteiger partial charge in [0.15, 0.2) is 0 Å². The molecule has 0 aliphatic heterocycles. The molecule has 0 heterocycles. The normalized spacial score (nSPS) is 10.6. The van der Waals surface area contributed by atoms with Crippen molar-refractivity contribution in [3.8, 4) is 5.40 Å². The van der Waals surface area contributed by atoms with Crippen molar-refractivity contribution in [2.75, 3.05) is 19.6 Å². The van der Waals surface area contributed by atoms with Gasteiger partial charge in [-0.1, -0.05) is 83.0 Å². The number of unbranched alkanes of at least 4 members (excludes halogenated alkanes) is 3. The van der Waals surface area contributed by atoms with E-state index in [9.17, 15) is 0 Å². The quantitative estimate of drug-likeness (QED) is 0.308. The van der Waals surface area contributed by atoms with Crippen molar-refractivity contribution in [3.05, 3.63) is 35.9 Å². The summed E-state index contributed by atoms with van der Waals surface area (Å²) in [5.74, 6) is 0. The highest BCUT2D eigenvalue weighted by Crippen LogP contribution is 2.19. The molecule has 0 fully saturated rings. The minimum atomic E-state index is 1.22. The van der Waals surface area contributed by atoms with E-state index < -0.39 is 0 Å². The van der Waals surface area contributed by atoms with Crippen LogP contribution in [0.25, 0.3) is 0 Å². The van der Waals surface area contributed by atoms with Crippen LogP contribution in [-0.4, -0.2) is 24.1 Å². The molecule has 0 aliphatic carbocycles. The Hall–Kier alpha value is -0.980. The minimum absolute atomic E-state index is 1.22. The van der Waals surface area contributed by atoms with E-state index in [-0.39, 0.29) is 0 Å². The molecule has 0 bridgehead atoms. The summed E-state index contributed by atoms with van der Waals surface area (Å²) in [6.45, 7) is 12.2. The van der Waals surface area contributed by atoms with Crippen molar-refractivity contribution in [2.24, 2.45) is 0 Å². The molecule has 0 unspecified atom stereocenters. The fourth-order valence-electron chi connectivity index (χ4n) is 3.02. The summed E-state index contributed by atoms with van der Waals surface area (Å²) in [6.07, 6.45) is 8.02. The first-order chi connectivity index (χ1) is 11.2. The summed E-state index contributed by atoms with van der Waals surface area (Å²) < 4.78 is 1.31. The van der Waals surface area contributed by atoms with Gasteiger partial charge in [-0.25, -0.2) is 0 Å². The Morgan fingerprint density at radius 2 is 1.26 bits per heavy atom. The van der Waals surface area contributed by atoms with Gasteiger partial charge in [-0.2, -0.15) is 5.26 Å². The van der Waals surface area contributed by atoms with Crippen LogP contribution in [0, 0.1) is 10.7 Å². The zero-order valence-electron chi connectivity index (χ0n) is 15.3. The van der Waals surface area contributed by atoms with Gasteiger partial charge < -0.3 is 4.48 Å². The van der Waals surface area contributed by atoms with Crippen molar-refractivity contribution >= 4 is 12.6 Å². The molecule has 3 heteroatoms. The van der Waals surface area contributed by atoms with E-state index in [4.69, 9.17) is 5.26 Å². The predicted molar refractivity (Wildman–Crippen MR) is 104 cm³/mol. The molecule has 2 nitrogen and oxygen atoms in total. The molecule has 0 N–H and O–H groups in total. The average Bonchev–Trinajstić information content (AvgIpc) is 2.58. The van der Waals surface area contributed by atoms with Crippen LogP contribution < -0.4 is 0 Å². The van der Waals surface area contributed by atoms with Crippen molar-refractivity contribution in [1.29, 1.82) is 5.26 Å². The van der Waals surface area contributed by atoms with E-state index in [1.807, 2.05) is 0 Å².